The van der Waals surface area contributed by atoms with Gasteiger partial charge in [-0.05, 0) is 30.5 Å². The van der Waals surface area contributed by atoms with Gasteiger partial charge in [0.2, 0.25) is 5.91 Å². The van der Waals surface area contributed by atoms with Crippen LogP contribution in [0.1, 0.15) is 32.8 Å². The van der Waals surface area contributed by atoms with Crippen molar-refractivity contribution in [3.63, 3.8) is 0 Å². The first-order valence-electron chi connectivity index (χ1n) is 5.95. The summed E-state index contributed by atoms with van der Waals surface area (Å²) >= 11 is 0. The standard InChI is InChI=1S/C14H21NO2/c1-14(2,3)13(17)15-12-8-4-6-11(10-12)7-5-9-16/h4,6,8,10,16H,5,7,9H2,1-3H3,(H,15,17). The fraction of sp³-hybridized carbons (Fsp3) is 0.500. The molecule has 1 aromatic rings. The van der Waals surface area contributed by atoms with Gasteiger partial charge in [-0.15, -0.1) is 0 Å². The molecule has 0 spiro atoms. The molecule has 1 aromatic carbocycles. The summed E-state index contributed by atoms with van der Waals surface area (Å²) < 4.78 is 0. The molecular formula is C14H21NO2. The van der Waals surface area contributed by atoms with Crippen molar-refractivity contribution in [3.8, 4) is 0 Å². The Bertz CT molecular complexity index is 380. The van der Waals surface area contributed by atoms with Gasteiger partial charge < -0.3 is 10.4 Å². The highest BCUT2D eigenvalue weighted by atomic mass is 16.2. The Kier molecular flexibility index (Phi) is 4.70. The molecule has 1 rings (SSSR count). The summed E-state index contributed by atoms with van der Waals surface area (Å²) in [5.74, 6) is 0.0109. The molecule has 0 radical (unpaired) electrons. The molecule has 1 amide bonds. The molecule has 0 aromatic heterocycles. The van der Waals surface area contributed by atoms with E-state index in [1.165, 1.54) is 0 Å². The lowest BCUT2D eigenvalue weighted by molar-refractivity contribution is -0.123. The number of benzene rings is 1. The summed E-state index contributed by atoms with van der Waals surface area (Å²) in [5.41, 5.74) is 1.56. The van der Waals surface area contributed by atoms with Crippen molar-refractivity contribution in [1.82, 2.24) is 0 Å². The van der Waals surface area contributed by atoms with Crippen LogP contribution in [0, 0.1) is 5.41 Å². The first-order chi connectivity index (χ1) is 7.93. The van der Waals surface area contributed by atoms with Crippen LogP contribution in [0.2, 0.25) is 0 Å². The van der Waals surface area contributed by atoms with Gasteiger partial charge in [0.25, 0.3) is 0 Å². The third-order valence-electron chi connectivity index (χ3n) is 2.49. The fourth-order valence-corrected chi connectivity index (χ4v) is 1.41. The number of aliphatic hydroxyl groups is 1. The van der Waals surface area contributed by atoms with Crippen LogP contribution in [-0.4, -0.2) is 17.6 Å². The van der Waals surface area contributed by atoms with Crippen LogP contribution in [0.4, 0.5) is 5.69 Å². The number of aliphatic hydroxyl groups excluding tert-OH is 1. The SMILES string of the molecule is CC(C)(C)C(=O)Nc1cccc(CCCO)c1. The molecule has 0 heterocycles. The number of anilines is 1. The predicted octanol–water partition coefficient (Wildman–Crippen LogP) is 2.60. The van der Waals surface area contributed by atoms with Crippen molar-refractivity contribution in [1.29, 1.82) is 0 Å². The number of nitrogens with one attached hydrogen (secondary N) is 1. The summed E-state index contributed by atoms with van der Waals surface area (Å²) in [6.45, 7) is 5.85. The Morgan fingerprint density at radius 3 is 2.65 bits per heavy atom. The highest BCUT2D eigenvalue weighted by molar-refractivity contribution is 5.94. The van der Waals surface area contributed by atoms with Gasteiger partial charge in [-0.1, -0.05) is 32.9 Å². The maximum absolute atomic E-state index is 11.8. The van der Waals surface area contributed by atoms with Crippen molar-refractivity contribution in [3.05, 3.63) is 29.8 Å². The molecule has 2 N–H and O–H groups in total. The zero-order chi connectivity index (χ0) is 12.9. The fourth-order valence-electron chi connectivity index (χ4n) is 1.41. The molecule has 0 atom stereocenters. The number of hydrogen-bond acceptors (Lipinski definition) is 2. The van der Waals surface area contributed by atoms with E-state index in [2.05, 4.69) is 5.32 Å². The molecular weight excluding hydrogens is 214 g/mol. The first kappa shape index (κ1) is 13.7. The molecule has 17 heavy (non-hydrogen) atoms. The molecule has 0 aliphatic rings. The van der Waals surface area contributed by atoms with E-state index in [1.54, 1.807) is 0 Å². The second kappa shape index (κ2) is 5.82. The lowest BCUT2D eigenvalue weighted by Gasteiger charge is -2.18. The molecule has 3 nitrogen and oxygen atoms in total. The van der Waals surface area contributed by atoms with Gasteiger partial charge in [-0.3, -0.25) is 4.79 Å². The van der Waals surface area contributed by atoms with Gasteiger partial charge in [0.05, 0.1) is 0 Å². The zero-order valence-electron chi connectivity index (χ0n) is 10.8. The van der Waals surface area contributed by atoms with Gasteiger partial charge >= 0.3 is 0 Å². The van der Waals surface area contributed by atoms with Crippen LogP contribution in [0.5, 0.6) is 0 Å². The summed E-state index contributed by atoms with van der Waals surface area (Å²) in [4.78, 5) is 11.8. The van der Waals surface area contributed by atoms with Gasteiger partial charge in [0.15, 0.2) is 0 Å². The maximum atomic E-state index is 11.8. The Morgan fingerprint density at radius 1 is 1.35 bits per heavy atom. The number of aryl methyl sites for hydroxylation is 1. The highest BCUT2D eigenvalue weighted by Gasteiger charge is 2.20. The number of rotatable bonds is 4. The number of hydrogen-bond donors (Lipinski definition) is 2. The van der Waals surface area contributed by atoms with Gasteiger partial charge in [-0.25, -0.2) is 0 Å². The normalized spacial score (nSPS) is 11.3. The number of carbonyl (C=O) groups excluding carboxylic acids is 1. The van der Waals surface area contributed by atoms with Gasteiger partial charge in [-0.2, -0.15) is 0 Å². The van der Waals surface area contributed by atoms with Crippen LogP contribution in [0.25, 0.3) is 0 Å². The molecule has 0 aliphatic carbocycles. The lowest BCUT2D eigenvalue weighted by Crippen LogP contribution is -2.27. The lowest BCUT2D eigenvalue weighted by atomic mass is 9.95. The zero-order valence-corrected chi connectivity index (χ0v) is 10.8. The molecule has 0 unspecified atom stereocenters. The molecule has 3 heteroatoms. The van der Waals surface area contributed by atoms with Gasteiger partial charge in [0.1, 0.15) is 0 Å². The van der Waals surface area contributed by atoms with E-state index >= 15 is 0 Å². The summed E-state index contributed by atoms with van der Waals surface area (Å²) in [7, 11) is 0. The van der Waals surface area contributed by atoms with Crippen molar-refractivity contribution >= 4 is 11.6 Å². The van der Waals surface area contributed by atoms with E-state index in [1.807, 2.05) is 45.0 Å². The third kappa shape index (κ3) is 4.57. The van der Waals surface area contributed by atoms with Crippen LogP contribution in [0.15, 0.2) is 24.3 Å². The Balaban J connectivity index is 2.69. The van der Waals surface area contributed by atoms with Crippen molar-refractivity contribution in [2.45, 2.75) is 33.6 Å². The minimum Gasteiger partial charge on any atom is -0.396 e. The quantitative estimate of drug-likeness (QED) is 0.842. The van der Waals surface area contributed by atoms with Crippen molar-refractivity contribution in [2.24, 2.45) is 5.41 Å². The first-order valence-corrected chi connectivity index (χ1v) is 5.95. The van der Waals surface area contributed by atoms with Crippen molar-refractivity contribution in [2.75, 3.05) is 11.9 Å². The summed E-state index contributed by atoms with van der Waals surface area (Å²) in [6, 6.07) is 7.76. The average molecular weight is 235 g/mol. The van der Waals surface area contributed by atoms with E-state index in [9.17, 15) is 4.79 Å². The predicted molar refractivity (Wildman–Crippen MR) is 69.9 cm³/mol. The van der Waals surface area contributed by atoms with E-state index in [0.29, 0.717) is 0 Å². The minimum atomic E-state index is -0.388. The molecule has 94 valence electrons. The Hall–Kier alpha value is -1.35. The largest absolute Gasteiger partial charge is 0.396 e. The third-order valence-corrected chi connectivity index (χ3v) is 2.49. The van der Waals surface area contributed by atoms with Crippen LogP contribution >= 0.6 is 0 Å². The maximum Gasteiger partial charge on any atom is 0.229 e. The minimum absolute atomic E-state index is 0.0109. The molecule has 0 bridgehead atoms. The monoisotopic (exact) mass is 235 g/mol. The number of amides is 1. The van der Waals surface area contributed by atoms with E-state index in [4.69, 9.17) is 5.11 Å². The summed E-state index contributed by atoms with van der Waals surface area (Å²) in [6.07, 6.45) is 1.58. The van der Waals surface area contributed by atoms with Crippen molar-refractivity contribution < 1.29 is 9.90 Å². The van der Waals surface area contributed by atoms with E-state index in [-0.39, 0.29) is 17.9 Å². The van der Waals surface area contributed by atoms with Crippen LogP contribution < -0.4 is 5.32 Å². The van der Waals surface area contributed by atoms with Gasteiger partial charge in [0, 0.05) is 17.7 Å². The average Bonchev–Trinajstić information content (AvgIpc) is 2.25. The molecule has 0 aliphatic heterocycles. The second-order valence-corrected chi connectivity index (χ2v) is 5.23. The van der Waals surface area contributed by atoms with E-state index in [0.717, 1.165) is 24.1 Å². The topological polar surface area (TPSA) is 49.3 Å². The second-order valence-electron chi connectivity index (χ2n) is 5.23. The highest BCUT2D eigenvalue weighted by Crippen LogP contribution is 2.18. The van der Waals surface area contributed by atoms with E-state index < -0.39 is 0 Å². The molecule has 0 saturated carbocycles. The van der Waals surface area contributed by atoms with Crippen LogP contribution in [0.3, 0.4) is 0 Å². The Morgan fingerprint density at radius 2 is 2.06 bits per heavy atom. The van der Waals surface area contributed by atoms with Crippen LogP contribution in [-0.2, 0) is 11.2 Å². The molecule has 0 fully saturated rings. The smallest absolute Gasteiger partial charge is 0.229 e. The molecule has 0 saturated heterocycles. The number of carbonyl (C=O) groups is 1. The Labute approximate surface area is 103 Å². The summed E-state index contributed by atoms with van der Waals surface area (Å²) in [5, 5.41) is 11.7.